The largest absolute Gasteiger partial charge is 0.312 e. The molecule has 0 radical (unpaired) electrons. The van der Waals surface area contributed by atoms with E-state index in [0.717, 1.165) is 44.5 Å². The van der Waals surface area contributed by atoms with E-state index in [1.165, 1.54) is 4.31 Å². The molecule has 0 unspecified atom stereocenters. The summed E-state index contributed by atoms with van der Waals surface area (Å²) in [5.41, 5.74) is 0.783. The molecule has 7 heteroatoms. The van der Waals surface area contributed by atoms with Gasteiger partial charge >= 0.3 is 0 Å². The number of hydrogen-bond donors (Lipinski definition) is 0. The van der Waals surface area contributed by atoms with Crippen LogP contribution in [0.3, 0.4) is 0 Å². The standard InChI is InChI=1S/C18H27N3O3S/c1-19-13-10-15(11-14-19)20(2)25(23,24)17-8-6-16(7-9-17)21-12-4-3-5-18(21)22/h6-9,15H,3-5,10-14H2,1-2H3. The van der Waals surface area contributed by atoms with Crippen LogP contribution in [0.15, 0.2) is 29.2 Å². The SMILES string of the molecule is CN1CCC(N(C)S(=O)(=O)c2ccc(N3CCCCC3=O)cc2)CC1. The van der Waals surface area contributed by atoms with Crippen LogP contribution in [0.2, 0.25) is 0 Å². The monoisotopic (exact) mass is 365 g/mol. The lowest BCUT2D eigenvalue weighted by Crippen LogP contribution is -2.44. The molecule has 2 saturated heterocycles. The first-order chi connectivity index (χ1) is 11.9. The maximum Gasteiger partial charge on any atom is 0.243 e. The molecule has 0 aliphatic carbocycles. The molecule has 0 aromatic heterocycles. The van der Waals surface area contributed by atoms with Crippen molar-refractivity contribution in [1.29, 1.82) is 0 Å². The molecule has 3 rings (SSSR count). The molecule has 0 saturated carbocycles. The van der Waals surface area contributed by atoms with Crippen molar-refractivity contribution in [2.75, 3.05) is 38.6 Å². The predicted molar refractivity (Wildman–Crippen MR) is 98.1 cm³/mol. The van der Waals surface area contributed by atoms with Crippen LogP contribution in [0.5, 0.6) is 0 Å². The van der Waals surface area contributed by atoms with E-state index < -0.39 is 10.0 Å². The minimum absolute atomic E-state index is 0.0459. The zero-order valence-corrected chi connectivity index (χ0v) is 15.8. The van der Waals surface area contributed by atoms with Gasteiger partial charge in [-0.05, 0) is 70.1 Å². The molecule has 1 amide bonds. The van der Waals surface area contributed by atoms with E-state index in [4.69, 9.17) is 0 Å². The molecular formula is C18H27N3O3S. The van der Waals surface area contributed by atoms with Crippen molar-refractivity contribution >= 4 is 21.6 Å². The summed E-state index contributed by atoms with van der Waals surface area (Å²) >= 11 is 0. The molecule has 1 aromatic rings. The van der Waals surface area contributed by atoms with Crippen molar-refractivity contribution in [3.63, 3.8) is 0 Å². The number of piperidine rings is 2. The number of amides is 1. The van der Waals surface area contributed by atoms with Gasteiger partial charge < -0.3 is 9.80 Å². The second-order valence-electron chi connectivity index (χ2n) is 7.05. The van der Waals surface area contributed by atoms with Crippen LogP contribution >= 0.6 is 0 Å². The molecular weight excluding hydrogens is 338 g/mol. The first kappa shape index (κ1) is 18.4. The fourth-order valence-electron chi connectivity index (χ4n) is 3.60. The second-order valence-corrected chi connectivity index (χ2v) is 9.05. The zero-order chi connectivity index (χ0) is 18.0. The normalized spacial score (nSPS) is 21.1. The van der Waals surface area contributed by atoms with E-state index in [1.54, 1.807) is 36.2 Å². The number of anilines is 1. The van der Waals surface area contributed by atoms with Gasteiger partial charge in [0.15, 0.2) is 0 Å². The molecule has 0 bridgehead atoms. The van der Waals surface area contributed by atoms with E-state index in [1.807, 2.05) is 0 Å². The highest BCUT2D eigenvalue weighted by atomic mass is 32.2. The maximum absolute atomic E-state index is 12.9. The quantitative estimate of drug-likeness (QED) is 0.818. The number of sulfonamides is 1. The Labute approximate surface area is 150 Å². The van der Waals surface area contributed by atoms with Gasteiger partial charge in [-0.3, -0.25) is 4.79 Å². The Bertz CT molecular complexity index is 710. The lowest BCUT2D eigenvalue weighted by molar-refractivity contribution is -0.119. The van der Waals surface area contributed by atoms with Gasteiger partial charge in [0.1, 0.15) is 0 Å². The van der Waals surface area contributed by atoms with Crippen LogP contribution in [0.25, 0.3) is 0 Å². The van der Waals surface area contributed by atoms with Crippen molar-refractivity contribution in [1.82, 2.24) is 9.21 Å². The van der Waals surface area contributed by atoms with Crippen molar-refractivity contribution in [3.05, 3.63) is 24.3 Å². The Morgan fingerprint density at radius 1 is 1.04 bits per heavy atom. The maximum atomic E-state index is 12.9. The topological polar surface area (TPSA) is 60.9 Å². The molecule has 1 aromatic carbocycles. The molecule has 2 fully saturated rings. The van der Waals surface area contributed by atoms with Gasteiger partial charge in [-0.15, -0.1) is 0 Å². The molecule has 6 nitrogen and oxygen atoms in total. The van der Waals surface area contributed by atoms with E-state index in [9.17, 15) is 13.2 Å². The summed E-state index contributed by atoms with van der Waals surface area (Å²) in [4.78, 5) is 16.3. The Morgan fingerprint density at radius 3 is 2.28 bits per heavy atom. The summed E-state index contributed by atoms with van der Waals surface area (Å²) < 4.78 is 27.3. The van der Waals surface area contributed by atoms with Crippen LogP contribution < -0.4 is 4.90 Å². The third kappa shape index (κ3) is 3.88. The number of likely N-dealkylation sites (tertiary alicyclic amines) is 1. The number of benzene rings is 1. The van der Waals surface area contributed by atoms with Crippen LogP contribution in [-0.2, 0) is 14.8 Å². The minimum atomic E-state index is -3.51. The lowest BCUT2D eigenvalue weighted by Gasteiger charge is -2.34. The molecule has 0 atom stereocenters. The highest BCUT2D eigenvalue weighted by Gasteiger charge is 2.30. The number of hydrogen-bond acceptors (Lipinski definition) is 4. The van der Waals surface area contributed by atoms with E-state index >= 15 is 0 Å². The number of nitrogens with zero attached hydrogens (tertiary/aromatic N) is 3. The first-order valence-electron chi connectivity index (χ1n) is 8.96. The summed E-state index contributed by atoms with van der Waals surface area (Å²) in [5.74, 6) is 0.116. The smallest absolute Gasteiger partial charge is 0.243 e. The minimum Gasteiger partial charge on any atom is -0.312 e. The Balaban J connectivity index is 1.75. The highest BCUT2D eigenvalue weighted by Crippen LogP contribution is 2.26. The Hall–Kier alpha value is -1.44. The van der Waals surface area contributed by atoms with Crippen LogP contribution in [0, 0.1) is 0 Å². The molecule has 2 aliphatic rings. The zero-order valence-electron chi connectivity index (χ0n) is 15.0. The average molecular weight is 365 g/mol. The first-order valence-corrected chi connectivity index (χ1v) is 10.4. The van der Waals surface area contributed by atoms with Crippen molar-refractivity contribution in [2.24, 2.45) is 0 Å². The Morgan fingerprint density at radius 2 is 1.68 bits per heavy atom. The van der Waals surface area contributed by atoms with E-state index in [0.29, 0.717) is 17.9 Å². The van der Waals surface area contributed by atoms with Gasteiger partial charge in [0.05, 0.1) is 4.90 Å². The van der Waals surface area contributed by atoms with Crippen LogP contribution in [-0.4, -0.2) is 63.3 Å². The van der Waals surface area contributed by atoms with Gasteiger partial charge in [0.2, 0.25) is 15.9 Å². The number of carbonyl (C=O) groups excluding carboxylic acids is 1. The summed E-state index contributed by atoms with van der Waals surface area (Å²) in [7, 11) is 0.229. The summed E-state index contributed by atoms with van der Waals surface area (Å²) in [6.07, 6.45) is 4.20. The van der Waals surface area contributed by atoms with Gasteiger partial charge in [0.25, 0.3) is 0 Å². The fraction of sp³-hybridized carbons (Fsp3) is 0.611. The molecule has 2 heterocycles. The predicted octanol–water partition coefficient (Wildman–Crippen LogP) is 1.92. The van der Waals surface area contributed by atoms with Crippen molar-refractivity contribution in [2.45, 2.75) is 43.0 Å². The fourth-order valence-corrected chi connectivity index (χ4v) is 5.01. The third-order valence-electron chi connectivity index (χ3n) is 5.35. The summed E-state index contributed by atoms with van der Waals surface area (Å²) in [5, 5.41) is 0. The summed E-state index contributed by atoms with van der Waals surface area (Å²) in [6, 6.07) is 6.79. The highest BCUT2D eigenvalue weighted by molar-refractivity contribution is 7.89. The molecule has 0 spiro atoms. The van der Waals surface area contributed by atoms with Crippen LogP contribution in [0.4, 0.5) is 5.69 Å². The molecule has 2 aliphatic heterocycles. The molecule has 138 valence electrons. The van der Waals surface area contributed by atoms with E-state index in [-0.39, 0.29) is 11.9 Å². The number of carbonyl (C=O) groups is 1. The number of rotatable bonds is 4. The van der Waals surface area contributed by atoms with Gasteiger partial charge in [-0.25, -0.2) is 8.42 Å². The average Bonchev–Trinajstić information content (AvgIpc) is 2.62. The lowest BCUT2D eigenvalue weighted by atomic mass is 10.1. The van der Waals surface area contributed by atoms with Gasteiger partial charge in [0, 0.05) is 31.7 Å². The molecule has 25 heavy (non-hydrogen) atoms. The van der Waals surface area contributed by atoms with Crippen molar-refractivity contribution < 1.29 is 13.2 Å². The Kier molecular flexibility index (Phi) is 5.46. The van der Waals surface area contributed by atoms with Crippen molar-refractivity contribution in [3.8, 4) is 0 Å². The van der Waals surface area contributed by atoms with Gasteiger partial charge in [-0.1, -0.05) is 0 Å². The second kappa shape index (κ2) is 7.43. The summed E-state index contributed by atoms with van der Waals surface area (Å²) in [6.45, 7) is 2.54. The third-order valence-corrected chi connectivity index (χ3v) is 7.28. The van der Waals surface area contributed by atoms with E-state index in [2.05, 4.69) is 11.9 Å². The van der Waals surface area contributed by atoms with Crippen LogP contribution in [0.1, 0.15) is 32.1 Å². The molecule has 0 N–H and O–H groups in total. The van der Waals surface area contributed by atoms with Gasteiger partial charge in [-0.2, -0.15) is 4.31 Å².